The van der Waals surface area contributed by atoms with Crippen LogP contribution in [0.1, 0.15) is 25.0 Å². The van der Waals surface area contributed by atoms with E-state index in [0.29, 0.717) is 6.54 Å². The van der Waals surface area contributed by atoms with Gasteiger partial charge in [0, 0.05) is 24.1 Å². The number of rotatable bonds is 4. The number of ether oxygens (including phenoxy) is 1. The van der Waals surface area contributed by atoms with E-state index in [4.69, 9.17) is 9.73 Å². The Hall–Kier alpha value is -2.38. The number of carbonyl (C=O) groups excluding carboxylic acids is 1. The molecule has 2 aromatic rings. The maximum absolute atomic E-state index is 13.3. The molecule has 0 saturated carbocycles. The molecule has 0 radical (unpaired) electrons. The van der Waals surface area contributed by atoms with Gasteiger partial charge in [-0.1, -0.05) is 29.5 Å². The summed E-state index contributed by atoms with van der Waals surface area (Å²) in [4.78, 5) is 24.0. The largest absolute Gasteiger partial charge is 0.497 e. The number of fused-ring (bicyclic) bond motifs is 1. The van der Waals surface area contributed by atoms with Gasteiger partial charge in [-0.15, -0.1) is 0 Å². The summed E-state index contributed by atoms with van der Waals surface area (Å²) in [5.41, 5.74) is 4.30. The Morgan fingerprint density at radius 3 is 2.43 bits per heavy atom. The van der Waals surface area contributed by atoms with E-state index in [9.17, 15) is 4.79 Å². The predicted molar refractivity (Wildman–Crippen MR) is 127 cm³/mol. The average Bonchev–Trinajstić information content (AvgIpc) is 3.25. The van der Waals surface area contributed by atoms with Gasteiger partial charge in [0.25, 0.3) is 5.91 Å². The Kier molecular flexibility index (Phi) is 5.84. The van der Waals surface area contributed by atoms with Crippen molar-refractivity contribution in [1.29, 1.82) is 0 Å². The van der Waals surface area contributed by atoms with Crippen molar-refractivity contribution in [2.24, 2.45) is 4.99 Å². The number of carbonyl (C=O) groups is 1. The lowest BCUT2D eigenvalue weighted by atomic mass is 10.1. The van der Waals surface area contributed by atoms with Gasteiger partial charge in [0.1, 0.15) is 15.7 Å². The summed E-state index contributed by atoms with van der Waals surface area (Å²) in [6.45, 7) is 9.57. The molecule has 0 aromatic heterocycles. The summed E-state index contributed by atoms with van der Waals surface area (Å²) in [6.07, 6.45) is 0. The van der Waals surface area contributed by atoms with Crippen LogP contribution in [-0.2, 0) is 4.79 Å². The van der Waals surface area contributed by atoms with Gasteiger partial charge in [-0.25, -0.2) is 4.99 Å². The fourth-order valence-electron chi connectivity index (χ4n) is 3.60. The first-order chi connectivity index (χ1) is 14.5. The maximum atomic E-state index is 13.3. The van der Waals surface area contributed by atoms with E-state index in [1.165, 1.54) is 17.3 Å². The molecule has 0 spiro atoms. The Morgan fingerprint density at radius 2 is 1.77 bits per heavy atom. The Balaban J connectivity index is 1.75. The molecule has 7 heteroatoms. The van der Waals surface area contributed by atoms with Crippen molar-refractivity contribution in [2.75, 3.05) is 25.1 Å². The van der Waals surface area contributed by atoms with E-state index in [2.05, 4.69) is 43.9 Å². The zero-order chi connectivity index (χ0) is 21.4. The van der Waals surface area contributed by atoms with Crippen LogP contribution in [-0.4, -0.2) is 36.2 Å². The summed E-state index contributed by atoms with van der Waals surface area (Å²) in [5, 5.41) is 1.71. The normalized spacial score (nSPS) is 19.8. The van der Waals surface area contributed by atoms with E-state index >= 15 is 0 Å². The highest BCUT2D eigenvalue weighted by atomic mass is 32.2. The minimum atomic E-state index is 0.0201. The number of amidine groups is 1. The second kappa shape index (κ2) is 8.40. The Labute approximate surface area is 186 Å². The second-order valence-electron chi connectivity index (χ2n) is 7.15. The number of methoxy groups -OCH3 is 1. The number of nitrogens with zero attached hydrogens (tertiary/aromatic N) is 3. The standard InChI is InChI=1S/C23H25N3O2S2/c1-6-25-18-13-16(28-5)9-11-19(18)29-22(25)20-21(27)26(7-2)23(30-20)24-17-10-8-14(3)12-15(17)4/h8-13H,6-7H2,1-5H3. The molecular formula is C23H25N3O2S2. The highest BCUT2D eigenvalue weighted by Crippen LogP contribution is 2.51. The average molecular weight is 440 g/mol. The lowest BCUT2D eigenvalue weighted by Crippen LogP contribution is -2.29. The minimum Gasteiger partial charge on any atom is -0.497 e. The zero-order valence-electron chi connectivity index (χ0n) is 17.9. The fourth-order valence-corrected chi connectivity index (χ4v) is 6.03. The number of hydrogen-bond acceptors (Lipinski definition) is 6. The van der Waals surface area contributed by atoms with E-state index in [-0.39, 0.29) is 5.91 Å². The summed E-state index contributed by atoms with van der Waals surface area (Å²) in [6, 6.07) is 12.2. The molecule has 0 unspecified atom stereocenters. The van der Waals surface area contributed by atoms with Crippen LogP contribution in [0.5, 0.6) is 5.75 Å². The van der Waals surface area contributed by atoms with Gasteiger partial charge in [0.2, 0.25) is 0 Å². The number of likely N-dealkylation sites (N-methyl/N-ethyl adjacent to an activating group) is 1. The van der Waals surface area contributed by atoms with Crippen molar-refractivity contribution in [3.05, 3.63) is 57.5 Å². The highest BCUT2D eigenvalue weighted by Gasteiger charge is 2.39. The SMILES string of the molecule is CCN1C(=O)C(=C2Sc3ccc(OC)cc3N2CC)SC1=Nc1ccc(C)cc1C. The third-order valence-corrected chi connectivity index (χ3v) is 7.55. The summed E-state index contributed by atoms with van der Waals surface area (Å²) >= 11 is 3.11. The summed E-state index contributed by atoms with van der Waals surface area (Å²) in [7, 11) is 1.67. The Morgan fingerprint density at radius 1 is 1.00 bits per heavy atom. The second-order valence-corrected chi connectivity index (χ2v) is 9.16. The van der Waals surface area contributed by atoms with Gasteiger partial charge >= 0.3 is 0 Å². The molecule has 4 rings (SSSR count). The van der Waals surface area contributed by atoms with Gasteiger partial charge in [-0.05, 0) is 63.2 Å². The lowest BCUT2D eigenvalue weighted by Gasteiger charge is -2.19. The first kappa shape index (κ1) is 20.9. The Bertz CT molecular complexity index is 1080. The number of benzene rings is 2. The van der Waals surface area contributed by atoms with Gasteiger partial charge in [0.15, 0.2) is 5.17 Å². The van der Waals surface area contributed by atoms with Crippen LogP contribution in [0, 0.1) is 13.8 Å². The van der Waals surface area contributed by atoms with Gasteiger partial charge < -0.3 is 9.64 Å². The summed E-state index contributed by atoms with van der Waals surface area (Å²) < 4.78 is 5.40. The van der Waals surface area contributed by atoms with Gasteiger partial charge in [0.05, 0.1) is 18.5 Å². The monoisotopic (exact) mass is 439 g/mol. The predicted octanol–water partition coefficient (Wildman–Crippen LogP) is 5.70. The number of aryl methyl sites for hydroxylation is 2. The van der Waals surface area contributed by atoms with Gasteiger partial charge in [-0.3, -0.25) is 9.69 Å². The molecule has 2 heterocycles. The molecule has 0 aliphatic carbocycles. The topological polar surface area (TPSA) is 45.1 Å². The molecule has 156 valence electrons. The van der Waals surface area contributed by atoms with Crippen LogP contribution < -0.4 is 9.64 Å². The fraction of sp³-hybridized carbons (Fsp3) is 0.304. The molecule has 2 aromatic carbocycles. The molecule has 5 nitrogen and oxygen atoms in total. The molecule has 1 amide bonds. The van der Waals surface area contributed by atoms with E-state index in [1.807, 2.05) is 25.1 Å². The number of anilines is 1. The highest BCUT2D eigenvalue weighted by molar-refractivity contribution is 8.19. The molecule has 1 fully saturated rings. The molecule has 2 aliphatic heterocycles. The number of aliphatic imine (C=N–C) groups is 1. The smallest absolute Gasteiger partial charge is 0.269 e. The van der Waals surface area contributed by atoms with Crippen LogP contribution in [0.25, 0.3) is 0 Å². The molecule has 0 bridgehead atoms. The first-order valence-corrected chi connectivity index (χ1v) is 11.6. The van der Waals surface area contributed by atoms with Gasteiger partial charge in [-0.2, -0.15) is 0 Å². The van der Waals surface area contributed by atoms with Crippen molar-refractivity contribution >= 4 is 46.0 Å². The quantitative estimate of drug-likeness (QED) is 0.572. The van der Waals surface area contributed by atoms with E-state index in [1.54, 1.807) is 23.8 Å². The van der Waals surface area contributed by atoms with Crippen molar-refractivity contribution in [3.63, 3.8) is 0 Å². The van der Waals surface area contributed by atoms with Crippen molar-refractivity contribution in [2.45, 2.75) is 32.6 Å². The third kappa shape index (κ3) is 3.61. The summed E-state index contributed by atoms with van der Waals surface area (Å²) in [5.74, 6) is 0.837. The molecule has 30 heavy (non-hydrogen) atoms. The molecule has 1 saturated heterocycles. The molecule has 2 aliphatic rings. The van der Waals surface area contributed by atoms with Crippen LogP contribution in [0.2, 0.25) is 0 Å². The number of amides is 1. The van der Waals surface area contributed by atoms with E-state index in [0.717, 1.165) is 49.2 Å². The van der Waals surface area contributed by atoms with Crippen LogP contribution in [0.4, 0.5) is 11.4 Å². The maximum Gasteiger partial charge on any atom is 0.269 e. The molecule has 0 atom stereocenters. The van der Waals surface area contributed by atoms with Crippen molar-refractivity contribution < 1.29 is 9.53 Å². The zero-order valence-corrected chi connectivity index (χ0v) is 19.5. The van der Waals surface area contributed by atoms with Crippen molar-refractivity contribution in [3.8, 4) is 5.75 Å². The van der Waals surface area contributed by atoms with Crippen LogP contribution in [0.3, 0.4) is 0 Å². The number of hydrogen-bond donors (Lipinski definition) is 0. The number of thioether (sulfide) groups is 2. The van der Waals surface area contributed by atoms with Crippen LogP contribution >= 0.6 is 23.5 Å². The lowest BCUT2D eigenvalue weighted by molar-refractivity contribution is -0.122. The van der Waals surface area contributed by atoms with E-state index < -0.39 is 0 Å². The molecule has 0 N–H and O–H groups in total. The van der Waals surface area contributed by atoms with Crippen LogP contribution in [0.15, 0.2) is 56.2 Å². The minimum absolute atomic E-state index is 0.0201. The first-order valence-electron chi connectivity index (χ1n) is 10.00. The molecular weight excluding hydrogens is 414 g/mol. The van der Waals surface area contributed by atoms with Crippen molar-refractivity contribution in [1.82, 2.24) is 4.90 Å². The third-order valence-electron chi connectivity index (χ3n) is 5.17.